The van der Waals surface area contributed by atoms with Crippen molar-refractivity contribution in [1.29, 1.82) is 0 Å². The molecule has 4 heteroatoms. The van der Waals surface area contributed by atoms with Crippen molar-refractivity contribution in [3.8, 4) is 0 Å². The van der Waals surface area contributed by atoms with Crippen molar-refractivity contribution in [2.24, 2.45) is 5.41 Å². The van der Waals surface area contributed by atoms with E-state index in [1.54, 1.807) is 0 Å². The first-order valence-corrected chi connectivity index (χ1v) is 8.58. The van der Waals surface area contributed by atoms with Crippen molar-refractivity contribution in [2.75, 3.05) is 11.9 Å². The van der Waals surface area contributed by atoms with Crippen LogP contribution in [0.3, 0.4) is 0 Å². The first kappa shape index (κ1) is 15.0. The van der Waals surface area contributed by atoms with Crippen molar-refractivity contribution in [2.45, 2.75) is 32.6 Å². The topological polar surface area (TPSA) is 29.1 Å². The van der Waals surface area contributed by atoms with Crippen LogP contribution in [0.4, 0.5) is 0 Å². The van der Waals surface area contributed by atoms with E-state index >= 15 is 0 Å². The van der Waals surface area contributed by atoms with Gasteiger partial charge in [-0.05, 0) is 58.8 Å². The normalized spacial score (nSPS) is 17.4. The molecule has 0 heterocycles. The molecule has 0 aromatic heterocycles. The van der Waals surface area contributed by atoms with Gasteiger partial charge < -0.3 is 5.32 Å². The fourth-order valence-corrected chi connectivity index (χ4v) is 4.08. The maximum Gasteiger partial charge on any atom is 0.252 e. The molecule has 0 saturated heterocycles. The zero-order valence-electron chi connectivity index (χ0n) is 11.1. The van der Waals surface area contributed by atoms with Crippen LogP contribution in [-0.2, 0) is 0 Å². The second-order valence-corrected chi connectivity index (χ2v) is 6.92. The lowest BCUT2D eigenvalue weighted by atomic mass is 9.89. The van der Waals surface area contributed by atoms with Gasteiger partial charge in [0.25, 0.3) is 5.91 Å². The van der Waals surface area contributed by atoms with Crippen LogP contribution >= 0.6 is 31.9 Å². The number of hydrogen-bond acceptors (Lipinski definition) is 1. The molecule has 0 radical (unpaired) electrons. The zero-order chi connectivity index (χ0) is 13.9. The Labute approximate surface area is 131 Å². The maximum atomic E-state index is 12.2. The summed E-state index contributed by atoms with van der Waals surface area (Å²) in [5.41, 5.74) is 2.12. The molecule has 2 rings (SSSR count). The lowest BCUT2D eigenvalue weighted by molar-refractivity contribution is 0.0935. The van der Waals surface area contributed by atoms with Gasteiger partial charge in [-0.15, -0.1) is 0 Å². The largest absolute Gasteiger partial charge is 0.351 e. The molecule has 1 amide bonds. The van der Waals surface area contributed by atoms with E-state index in [-0.39, 0.29) is 11.3 Å². The Morgan fingerprint density at radius 1 is 1.37 bits per heavy atom. The average molecular weight is 389 g/mol. The standard InChI is InChI=1S/C15H19Br2NO/c1-11-4-5-12(13(17)8-11)14(19)18-10-15(9-16)6-2-3-7-15/h4-5,8H,2-3,6-7,9-10H2,1H3,(H,18,19). The molecule has 2 nitrogen and oxygen atoms in total. The van der Waals surface area contributed by atoms with E-state index in [0.717, 1.165) is 21.9 Å². The molecule has 104 valence electrons. The molecule has 19 heavy (non-hydrogen) atoms. The predicted molar refractivity (Wildman–Crippen MR) is 85.9 cm³/mol. The lowest BCUT2D eigenvalue weighted by Gasteiger charge is -2.26. The second-order valence-electron chi connectivity index (χ2n) is 5.51. The third kappa shape index (κ3) is 3.60. The van der Waals surface area contributed by atoms with Crippen molar-refractivity contribution in [1.82, 2.24) is 5.32 Å². The highest BCUT2D eigenvalue weighted by atomic mass is 79.9. The second kappa shape index (κ2) is 6.40. The van der Waals surface area contributed by atoms with E-state index in [2.05, 4.69) is 37.2 Å². The molecule has 0 atom stereocenters. The van der Waals surface area contributed by atoms with Crippen molar-refractivity contribution >= 4 is 37.8 Å². The van der Waals surface area contributed by atoms with Gasteiger partial charge in [0.05, 0.1) is 5.56 Å². The van der Waals surface area contributed by atoms with E-state index in [1.165, 1.54) is 25.7 Å². The van der Waals surface area contributed by atoms with Gasteiger partial charge >= 0.3 is 0 Å². The number of benzene rings is 1. The average Bonchev–Trinajstić information content (AvgIpc) is 2.85. The minimum Gasteiger partial charge on any atom is -0.351 e. The molecule has 1 N–H and O–H groups in total. The Morgan fingerprint density at radius 3 is 2.63 bits per heavy atom. The number of alkyl halides is 1. The van der Waals surface area contributed by atoms with Crippen LogP contribution in [0.2, 0.25) is 0 Å². The van der Waals surface area contributed by atoms with E-state index in [0.29, 0.717) is 5.56 Å². The Balaban J connectivity index is 2.01. The van der Waals surface area contributed by atoms with E-state index < -0.39 is 0 Å². The highest BCUT2D eigenvalue weighted by Gasteiger charge is 2.33. The first-order chi connectivity index (χ1) is 9.06. The van der Waals surface area contributed by atoms with E-state index in [4.69, 9.17) is 0 Å². The number of carbonyl (C=O) groups excluding carboxylic acids is 1. The van der Waals surface area contributed by atoms with Crippen LogP contribution in [0.25, 0.3) is 0 Å². The minimum atomic E-state index is 0.0131. The first-order valence-electron chi connectivity index (χ1n) is 6.67. The van der Waals surface area contributed by atoms with Gasteiger partial charge in [0.15, 0.2) is 0 Å². The number of amides is 1. The fourth-order valence-electron chi connectivity index (χ4n) is 2.65. The summed E-state index contributed by atoms with van der Waals surface area (Å²) >= 11 is 7.06. The summed E-state index contributed by atoms with van der Waals surface area (Å²) in [7, 11) is 0. The molecule has 1 aliphatic rings. The Bertz CT molecular complexity index is 467. The molecule has 1 aromatic rings. The number of hydrogen-bond donors (Lipinski definition) is 1. The number of nitrogens with one attached hydrogen (secondary N) is 1. The molecule has 1 aromatic carbocycles. The van der Waals surface area contributed by atoms with Gasteiger partial charge in [-0.3, -0.25) is 4.79 Å². The van der Waals surface area contributed by atoms with Crippen LogP contribution in [0, 0.1) is 12.3 Å². The summed E-state index contributed by atoms with van der Waals surface area (Å²) in [5.74, 6) is 0.0131. The molecule has 1 aliphatic carbocycles. The lowest BCUT2D eigenvalue weighted by Crippen LogP contribution is -2.37. The van der Waals surface area contributed by atoms with Gasteiger partial charge in [0.2, 0.25) is 0 Å². The summed E-state index contributed by atoms with van der Waals surface area (Å²) in [4.78, 5) is 12.2. The summed E-state index contributed by atoms with van der Waals surface area (Å²) in [6.45, 7) is 2.78. The Hall–Kier alpha value is -0.350. The molecule has 0 aliphatic heterocycles. The molecular formula is C15H19Br2NO. The molecular weight excluding hydrogens is 370 g/mol. The molecule has 1 fully saturated rings. The van der Waals surface area contributed by atoms with Gasteiger partial charge in [-0.1, -0.05) is 34.8 Å². The molecule has 0 spiro atoms. The van der Waals surface area contributed by atoms with E-state index in [9.17, 15) is 4.79 Å². The third-order valence-electron chi connectivity index (χ3n) is 3.94. The predicted octanol–water partition coefficient (Wildman–Crippen LogP) is 4.44. The van der Waals surface area contributed by atoms with Crippen LogP contribution in [-0.4, -0.2) is 17.8 Å². The summed E-state index contributed by atoms with van der Waals surface area (Å²) in [6, 6.07) is 5.82. The van der Waals surface area contributed by atoms with Crippen molar-refractivity contribution in [3.63, 3.8) is 0 Å². The summed E-state index contributed by atoms with van der Waals surface area (Å²) in [6.07, 6.45) is 4.95. The fraction of sp³-hybridized carbons (Fsp3) is 0.533. The number of halogens is 2. The quantitative estimate of drug-likeness (QED) is 0.758. The van der Waals surface area contributed by atoms with Crippen LogP contribution in [0.15, 0.2) is 22.7 Å². The summed E-state index contributed by atoms with van der Waals surface area (Å²) in [5, 5.41) is 4.06. The number of carbonyl (C=O) groups is 1. The summed E-state index contributed by atoms with van der Waals surface area (Å²) < 4.78 is 0.865. The van der Waals surface area contributed by atoms with Crippen LogP contribution in [0.1, 0.15) is 41.6 Å². The van der Waals surface area contributed by atoms with Crippen molar-refractivity contribution < 1.29 is 4.79 Å². The van der Waals surface area contributed by atoms with Crippen LogP contribution in [0.5, 0.6) is 0 Å². The smallest absolute Gasteiger partial charge is 0.252 e. The molecule has 0 bridgehead atoms. The maximum absolute atomic E-state index is 12.2. The number of aryl methyl sites for hydroxylation is 1. The monoisotopic (exact) mass is 387 g/mol. The van der Waals surface area contributed by atoms with Gasteiger partial charge in [-0.2, -0.15) is 0 Å². The van der Waals surface area contributed by atoms with Gasteiger partial charge in [0, 0.05) is 16.3 Å². The Morgan fingerprint density at radius 2 is 2.05 bits per heavy atom. The zero-order valence-corrected chi connectivity index (χ0v) is 14.3. The van der Waals surface area contributed by atoms with E-state index in [1.807, 2.05) is 25.1 Å². The van der Waals surface area contributed by atoms with Crippen LogP contribution < -0.4 is 5.32 Å². The minimum absolute atomic E-state index is 0.0131. The van der Waals surface area contributed by atoms with Crippen molar-refractivity contribution in [3.05, 3.63) is 33.8 Å². The number of rotatable bonds is 4. The van der Waals surface area contributed by atoms with Gasteiger partial charge in [0.1, 0.15) is 0 Å². The SMILES string of the molecule is Cc1ccc(C(=O)NCC2(CBr)CCCC2)c(Br)c1. The highest BCUT2D eigenvalue weighted by Crippen LogP contribution is 2.39. The third-order valence-corrected chi connectivity index (χ3v) is 5.79. The highest BCUT2D eigenvalue weighted by molar-refractivity contribution is 9.10. The Kier molecular flexibility index (Phi) is 5.07. The molecule has 1 saturated carbocycles. The van der Waals surface area contributed by atoms with Gasteiger partial charge in [-0.25, -0.2) is 0 Å². The molecule has 0 unspecified atom stereocenters.